The van der Waals surface area contributed by atoms with E-state index in [-0.39, 0.29) is 42.7 Å². The number of rotatable bonds is 8. The SMILES string of the molecule is Cl.NCCC(=O)NCC1CCCCN1C(=O)CNC(=O)CC1CCCCC1. The predicted octanol–water partition coefficient (Wildman–Crippen LogP) is 1.34. The van der Waals surface area contributed by atoms with Crippen LogP contribution in [0.25, 0.3) is 0 Å². The molecule has 27 heavy (non-hydrogen) atoms. The Labute approximate surface area is 168 Å². The lowest BCUT2D eigenvalue weighted by Gasteiger charge is -2.36. The highest BCUT2D eigenvalue weighted by molar-refractivity contribution is 5.85. The number of amides is 3. The van der Waals surface area contributed by atoms with Crippen molar-refractivity contribution < 1.29 is 14.4 Å². The van der Waals surface area contributed by atoms with Crippen LogP contribution in [0, 0.1) is 5.92 Å². The number of nitrogens with two attached hydrogens (primary N) is 1. The first kappa shape index (κ1) is 23.7. The van der Waals surface area contributed by atoms with Gasteiger partial charge in [-0.05, 0) is 38.0 Å². The van der Waals surface area contributed by atoms with Crippen LogP contribution in [-0.4, -0.2) is 54.8 Å². The summed E-state index contributed by atoms with van der Waals surface area (Å²) in [6, 6.07) is 0.00761. The van der Waals surface area contributed by atoms with Gasteiger partial charge in [0.25, 0.3) is 0 Å². The number of halogens is 1. The first-order valence-electron chi connectivity index (χ1n) is 10.1. The van der Waals surface area contributed by atoms with Gasteiger partial charge < -0.3 is 21.3 Å². The van der Waals surface area contributed by atoms with E-state index >= 15 is 0 Å². The average molecular weight is 403 g/mol. The van der Waals surface area contributed by atoms with Crippen LogP contribution < -0.4 is 16.4 Å². The number of hydrogen-bond acceptors (Lipinski definition) is 4. The van der Waals surface area contributed by atoms with Gasteiger partial charge in [-0.3, -0.25) is 14.4 Å². The number of carbonyl (C=O) groups excluding carboxylic acids is 3. The molecule has 4 N–H and O–H groups in total. The molecule has 2 fully saturated rings. The fourth-order valence-electron chi connectivity index (χ4n) is 3.99. The number of likely N-dealkylation sites (tertiary alicyclic amines) is 1. The lowest BCUT2D eigenvalue weighted by Crippen LogP contribution is -2.52. The third kappa shape index (κ3) is 8.47. The van der Waals surface area contributed by atoms with Gasteiger partial charge in [-0.1, -0.05) is 19.3 Å². The van der Waals surface area contributed by atoms with E-state index in [2.05, 4.69) is 10.6 Å². The maximum atomic E-state index is 12.6. The van der Waals surface area contributed by atoms with E-state index in [1.54, 1.807) is 0 Å². The Kier molecular flexibility index (Phi) is 11.4. The van der Waals surface area contributed by atoms with Crippen LogP contribution in [0.5, 0.6) is 0 Å². The topological polar surface area (TPSA) is 105 Å². The fraction of sp³-hybridized carbons (Fsp3) is 0.842. The summed E-state index contributed by atoms with van der Waals surface area (Å²) < 4.78 is 0. The van der Waals surface area contributed by atoms with Gasteiger partial charge in [0.15, 0.2) is 0 Å². The average Bonchev–Trinajstić information content (AvgIpc) is 2.66. The Morgan fingerprint density at radius 3 is 2.33 bits per heavy atom. The van der Waals surface area contributed by atoms with Crippen molar-refractivity contribution in [2.75, 3.05) is 26.2 Å². The molecule has 1 aliphatic carbocycles. The molecule has 8 heteroatoms. The van der Waals surface area contributed by atoms with Crippen molar-refractivity contribution in [3.63, 3.8) is 0 Å². The first-order valence-corrected chi connectivity index (χ1v) is 10.1. The molecule has 2 rings (SSSR count). The van der Waals surface area contributed by atoms with Gasteiger partial charge in [0.05, 0.1) is 6.54 Å². The largest absolute Gasteiger partial charge is 0.354 e. The van der Waals surface area contributed by atoms with Crippen LogP contribution >= 0.6 is 12.4 Å². The Hall–Kier alpha value is -1.34. The summed E-state index contributed by atoms with van der Waals surface area (Å²) in [5.74, 6) is 0.320. The van der Waals surface area contributed by atoms with Gasteiger partial charge in [0, 0.05) is 38.5 Å². The zero-order chi connectivity index (χ0) is 18.8. The van der Waals surface area contributed by atoms with Crippen LogP contribution in [0.4, 0.5) is 0 Å². The Morgan fingerprint density at radius 2 is 1.63 bits per heavy atom. The highest BCUT2D eigenvalue weighted by Gasteiger charge is 2.27. The van der Waals surface area contributed by atoms with Gasteiger partial charge in [0.1, 0.15) is 0 Å². The molecular weight excluding hydrogens is 368 g/mol. The van der Waals surface area contributed by atoms with E-state index in [1.165, 1.54) is 19.3 Å². The molecule has 1 saturated carbocycles. The smallest absolute Gasteiger partial charge is 0.242 e. The second kappa shape index (κ2) is 12.9. The minimum absolute atomic E-state index is 0. The quantitative estimate of drug-likeness (QED) is 0.569. The number of nitrogens with one attached hydrogen (secondary N) is 2. The van der Waals surface area contributed by atoms with E-state index in [1.807, 2.05) is 4.90 Å². The second-order valence-electron chi connectivity index (χ2n) is 7.56. The molecule has 0 aromatic carbocycles. The molecule has 7 nitrogen and oxygen atoms in total. The van der Waals surface area contributed by atoms with Gasteiger partial charge in [0.2, 0.25) is 17.7 Å². The molecule has 1 atom stereocenters. The van der Waals surface area contributed by atoms with Crippen LogP contribution in [0.2, 0.25) is 0 Å². The Bertz CT molecular complexity index is 484. The molecule has 1 heterocycles. The summed E-state index contributed by atoms with van der Waals surface area (Å²) >= 11 is 0. The molecule has 2 aliphatic rings. The summed E-state index contributed by atoms with van der Waals surface area (Å²) in [7, 11) is 0. The highest BCUT2D eigenvalue weighted by atomic mass is 35.5. The van der Waals surface area contributed by atoms with Crippen LogP contribution in [0.1, 0.15) is 64.2 Å². The molecule has 1 unspecified atom stereocenters. The van der Waals surface area contributed by atoms with Crippen LogP contribution in [0.3, 0.4) is 0 Å². The molecule has 0 aromatic heterocycles. The molecular formula is C19H35ClN4O3. The lowest BCUT2D eigenvalue weighted by atomic mass is 9.87. The number of piperidine rings is 1. The molecule has 0 aromatic rings. The summed E-state index contributed by atoms with van der Waals surface area (Å²) in [5.41, 5.74) is 5.38. The normalized spacial score (nSPS) is 20.5. The van der Waals surface area contributed by atoms with E-state index < -0.39 is 0 Å². The lowest BCUT2D eigenvalue weighted by molar-refractivity contribution is -0.136. The first-order chi connectivity index (χ1) is 12.6. The zero-order valence-corrected chi connectivity index (χ0v) is 17.0. The van der Waals surface area contributed by atoms with Crippen molar-refractivity contribution >= 4 is 30.1 Å². The number of nitrogens with zero attached hydrogens (tertiary/aromatic N) is 1. The Morgan fingerprint density at radius 1 is 0.926 bits per heavy atom. The van der Waals surface area contributed by atoms with E-state index in [0.29, 0.717) is 38.4 Å². The van der Waals surface area contributed by atoms with Gasteiger partial charge >= 0.3 is 0 Å². The molecule has 0 spiro atoms. The summed E-state index contributed by atoms with van der Waals surface area (Å²) in [6.07, 6.45) is 9.67. The van der Waals surface area contributed by atoms with E-state index in [4.69, 9.17) is 5.73 Å². The maximum absolute atomic E-state index is 12.6. The van der Waals surface area contributed by atoms with Crippen molar-refractivity contribution in [1.29, 1.82) is 0 Å². The zero-order valence-electron chi connectivity index (χ0n) is 16.2. The molecule has 156 valence electrons. The molecule has 0 radical (unpaired) electrons. The fourth-order valence-corrected chi connectivity index (χ4v) is 3.99. The molecule has 0 bridgehead atoms. The third-order valence-electron chi connectivity index (χ3n) is 5.49. The standard InChI is InChI=1S/C19H34N4O3.ClH/c20-10-9-17(24)21-13-16-8-4-5-11-23(16)19(26)14-22-18(25)12-15-6-2-1-3-7-15;/h15-16H,1-14,20H2,(H,21,24)(H,22,25);1H. The van der Waals surface area contributed by atoms with Gasteiger partial charge in [-0.25, -0.2) is 0 Å². The van der Waals surface area contributed by atoms with Crippen molar-refractivity contribution in [2.45, 2.75) is 70.3 Å². The van der Waals surface area contributed by atoms with Crippen LogP contribution in [-0.2, 0) is 14.4 Å². The van der Waals surface area contributed by atoms with Gasteiger partial charge in [-0.2, -0.15) is 0 Å². The van der Waals surface area contributed by atoms with Crippen molar-refractivity contribution in [1.82, 2.24) is 15.5 Å². The highest BCUT2D eigenvalue weighted by Crippen LogP contribution is 2.26. The van der Waals surface area contributed by atoms with E-state index in [9.17, 15) is 14.4 Å². The number of carbonyl (C=O) groups is 3. The van der Waals surface area contributed by atoms with E-state index in [0.717, 1.165) is 32.1 Å². The van der Waals surface area contributed by atoms with Crippen LogP contribution in [0.15, 0.2) is 0 Å². The van der Waals surface area contributed by atoms with Gasteiger partial charge in [-0.15, -0.1) is 12.4 Å². The maximum Gasteiger partial charge on any atom is 0.242 e. The minimum Gasteiger partial charge on any atom is -0.354 e. The van der Waals surface area contributed by atoms with Crippen molar-refractivity contribution in [3.8, 4) is 0 Å². The minimum atomic E-state index is -0.0775. The molecule has 1 aliphatic heterocycles. The number of hydrogen-bond donors (Lipinski definition) is 3. The monoisotopic (exact) mass is 402 g/mol. The second-order valence-corrected chi connectivity index (χ2v) is 7.56. The molecule has 1 saturated heterocycles. The molecule has 3 amide bonds. The predicted molar refractivity (Wildman–Crippen MR) is 107 cm³/mol. The Balaban J connectivity index is 0.00000364. The van der Waals surface area contributed by atoms with Crippen molar-refractivity contribution in [3.05, 3.63) is 0 Å². The summed E-state index contributed by atoms with van der Waals surface area (Å²) in [6.45, 7) is 1.53. The summed E-state index contributed by atoms with van der Waals surface area (Å²) in [4.78, 5) is 38.1. The van der Waals surface area contributed by atoms with Crippen molar-refractivity contribution in [2.24, 2.45) is 11.7 Å². The summed E-state index contributed by atoms with van der Waals surface area (Å²) in [5, 5.41) is 5.66. The third-order valence-corrected chi connectivity index (χ3v) is 5.49.